The normalized spacial score (nSPS) is 12.9. The Morgan fingerprint density at radius 2 is 1.89 bits per heavy atom. The number of carbonyl (C=O) groups is 1. The van der Waals surface area contributed by atoms with Gasteiger partial charge in [-0.15, -0.1) is 0 Å². The number of nitrogens with zero attached hydrogens (tertiary/aromatic N) is 2. The van der Waals surface area contributed by atoms with Crippen LogP contribution in [0.2, 0.25) is 0 Å². The highest BCUT2D eigenvalue weighted by atomic mass is 32.2. The standard InChI is InChI=1S/C28H27N3O5S/c1-3-25(26(32)29-19-10-7-11-20(14-19)34-2)37-28-30-22-16-24-23(35-17-36-24)15-21(22)27(33)31(28)13-12-18-8-5-4-6-9-18/h4-11,14-16,25H,3,12-13,17H2,1-2H3,(H,29,32)/t25-/m1/s1. The Morgan fingerprint density at radius 3 is 2.65 bits per heavy atom. The van der Waals surface area contributed by atoms with E-state index in [1.54, 1.807) is 29.9 Å². The molecule has 0 fully saturated rings. The van der Waals surface area contributed by atoms with Crippen LogP contribution in [0.3, 0.4) is 0 Å². The Hall–Kier alpha value is -3.98. The summed E-state index contributed by atoms with van der Waals surface area (Å²) < 4.78 is 17.9. The van der Waals surface area contributed by atoms with Gasteiger partial charge >= 0.3 is 0 Å². The minimum atomic E-state index is -0.465. The molecule has 5 rings (SSSR count). The van der Waals surface area contributed by atoms with Crippen LogP contribution in [-0.4, -0.2) is 34.6 Å². The van der Waals surface area contributed by atoms with Crippen LogP contribution in [-0.2, 0) is 17.8 Å². The molecular formula is C28H27N3O5S. The fourth-order valence-corrected chi connectivity index (χ4v) is 5.18. The number of rotatable bonds is 9. The molecule has 9 heteroatoms. The molecule has 0 saturated carbocycles. The van der Waals surface area contributed by atoms with E-state index in [2.05, 4.69) is 5.32 Å². The number of nitrogens with one attached hydrogen (secondary N) is 1. The number of benzene rings is 3. The van der Waals surface area contributed by atoms with Gasteiger partial charge < -0.3 is 19.5 Å². The molecule has 1 aromatic heterocycles. The highest BCUT2D eigenvalue weighted by Crippen LogP contribution is 2.35. The molecule has 1 atom stereocenters. The van der Waals surface area contributed by atoms with Gasteiger partial charge in [-0.25, -0.2) is 4.98 Å². The topological polar surface area (TPSA) is 91.7 Å². The van der Waals surface area contributed by atoms with Crippen LogP contribution < -0.4 is 25.1 Å². The van der Waals surface area contributed by atoms with E-state index in [-0.39, 0.29) is 18.3 Å². The predicted octanol–water partition coefficient (Wildman–Crippen LogP) is 4.89. The van der Waals surface area contributed by atoms with Crippen molar-refractivity contribution in [2.45, 2.75) is 36.7 Å². The van der Waals surface area contributed by atoms with Crippen molar-refractivity contribution >= 4 is 34.3 Å². The van der Waals surface area contributed by atoms with Crippen molar-refractivity contribution in [2.75, 3.05) is 19.2 Å². The van der Waals surface area contributed by atoms with Crippen LogP contribution in [0.15, 0.2) is 76.7 Å². The van der Waals surface area contributed by atoms with Gasteiger partial charge in [0, 0.05) is 24.4 Å². The van der Waals surface area contributed by atoms with Gasteiger partial charge in [0.15, 0.2) is 16.7 Å². The number of carbonyl (C=O) groups excluding carboxylic acids is 1. The van der Waals surface area contributed by atoms with Gasteiger partial charge in [0.1, 0.15) is 5.75 Å². The van der Waals surface area contributed by atoms with Crippen molar-refractivity contribution < 1.29 is 19.0 Å². The summed E-state index contributed by atoms with van der Waals surface area (Å²) >= 11 is 1.29. The lowest BCUT2D eigenvalue weighted by atomic mass is 10.1. The Balaban J connectivity index is 1.48. The monoisotopic (exact) mass is 517 g/mol. The summed E-state index contributed by atoms with van der Waals surface area (Å²) in [6, 6.07) is 20.6. The molecule has 190 valence electrons. The lowest BCUT2D eigenvalue weighted by Crippen LogP contribution is -2.28. The molecule has 0 bridgehead atoms. The minimum absolute atomic E-state index is 0.109. The zero-order valence-electron chi connectivity index (χ0n) is 20.6. The zero-order chi connectivity index (χ0) is 25.8. The summed E-state index contributed by atoms with van der Waals surface area (Å²) in [5, 5.41) is 3.43. The SMILES string of the molecule is CC[C@@H](Sc1nc2cc3c(cc2c(=O)n1CCc1ccccc1)OCO3)C(=O)Nc1cccc(OC)c1. The third-order valence-electron chi connectivity index (χ3n) is 6.13. The van der Waals surface area contributed by atoms with Crippen molar-refractivity contribution in [3.8, 4) is 17.2 Å². The lowest BCUT2D eigenvalue weighted by molar-refractivity contribution is -0.115. The van der Waals surface area contributed by atoms with Crippen molar-refractivity contribution in [1.29, 1.82) is 0 Å². The first-order valence-corrected chi connectivity index (χ1v) is 12.9. The number of amides is 1. The van der Waals surface area contributed by atoms with Gasteiger partial charge in [0.2, 0.25) is 12.7 Å². The Kier molecular flexibility index (Phi) is 7.32. The second-order valence-electron chi connectivity index (χ2n) is 8.55. The number of methoxy groups -OCH3 is 1. The maximum atomic E-state index is 13.7. The third kappa shape index (κ3) is 5.41. The fourth-order valence-electron chi connectivity index (χ4n) is 4.14. The summed E-state index contributed by atoms with van der Waals surface area (Å²) in [5.41, 5.74) is 2.09. The van der Waals surface area contributed by atoms with E-state index < -0.39 is 5.25 Å². The summed E-state index contributed by atoms with van der Waals surface area (Å²) in [6.07, 6.45) is 1.20. The molecule has 1 amide bonds. The number of aromatic nitrogens is 2. The van der Waals surface area contributed by atoms with E-state index >= 15 is 0 Å². The quantitative estimate of drug-likeness (QED) is 0.250. The van der Waals surface area contributed by atoms with E-state index in [1.165, 1.54) is 11.8 Å². The smallest absolute Gasteiger partial charge is 0.262 e. The summed E-state index contributed by atoms with van der Waals surface area (Å²) in [6.45, 7) is 2.47. The molecule has 3 aromatic carbocycles. The lowest BCUT2D eigenvalue weighted by Gasteiger charge is -2.18. The largest absolute Gasteiger partial charge is 0.497 e. The number of thioether (sulfide) groups is 1. The van der Waals surface area contributed by atoms with Crippen LogP contribution in [0.4, 0.5) is 5.69 Å². The van der Waals surface area contributed by atoms with Gasteiger partial charge in [0.05, 0.1) is 23.3 Å². The molecule has 0 radical (unpaired) electrons. The van der Waals surface area contributed by atoms with Crippen molar-refractivity contribution in [2.24, 2.45) is 0 Å². The predicted molar refractivity (Wildman–Crippen MR) is 144 cm³/mol. The van der Waals surface area contributed by atoms with E-state index in [0.717, 1.165) is 5.56 Å². The average Bonchev–Trinajstić information content (AvgIpc) is 3.38. The van der Waals surface area contributed by atoms with E-state index in [4.69, 9.17) is 19.2 Å². The van der Waals surface area contributed by atoms with Crippen molar-refractivity contribution in [3.05, 3.63) is 82.6 Å². The van der Waals surface area contributed by atoms with Gasteiger partial charge in [-0.1, -0.05) is 55.1 Å². The van der Waals surface area contributed by atoms with Crippen molar-refractivity contribution in [3.63, 3.8) is 0 Å². The minimum Gasteiger partial charge on any atom is -0.497 e. The molecule has 4 aromatic rings. The van der Waals surface area contributed by atoms with Crippen LogP contribution in [0.5, 0.6) is 17.2 Å². The first-order valence-electron chi connectivity index (χ1n) is 12.1. The molecule has 0 spiro atoms. The average molecular weight is 518 g/mol. The number of hydrogen-bond acceptors (Lipinski definition) is 7. The van der Waals surface area contributed by atoms with E-state index in [0.29, 0.717) is 58.4 Å². The third-order valence-corrected chi connectivity index (χ3v) is 7.48. The van der Waals surface area contributed by atoms with E-state index in [9.17, 15) is 9.59 Å². The second kappa shape index (κ2) is 11.0. The Morgan fingerprint density at radius 1 is 1.11 bits per heavy atom. The molecule has 37 heavy (non-hydrogen) atoms. The molecule has 0 unspecified atom stereocenters. The van der Waals surface area contributed by atoms with Crippen LogP contribution in [0, 0.1) is 0 Å². The number of aryl methyl sites for hydroxylation is 1. The Bertz CT molecular complexity index is 1490. The van der Waals surface area contributed by atoms with Gasteiger partial charge in [-0.2, -0.15) is 0 Å². The molecule has 0 saturated heterocycles. The number of hydrogen-bond donors (Lipinski definition) is 1. The maximum absolute atomic E-state index is 13.7. The highest BCUT2D eigenvalue weighted by Gasteiger charge is 2.24. The fraction of sp³-hybridized carbons (Fsp3) is 0.250. The summed E-state index contributed by atoms with van der Waals surface area (Å²) in [4.78, 5) is 31.7. The summed E-state index contributed by atoms with van der Waals surface area (Å²) in [7, 11) is 1.58. The van der Waals surface area contributed by atoms with Crippen molar-refractivity contribution in [1.82, 2.24) is 9.55 Å². The molecule has 2 heterocycles. The van der Waals surface area contributed by atoms with Gasteiger partial charge in [-0.05, 0) is 36.6 Å². The summed E-state index contributed by atoms with van der Waals surface area (Å²) in [5.74, 6) is 1.57. The van der Waals surface area contributed by atoms with Gasteiger partial charge in [0.25, 0.3) is 5.56 Å². The first-order chi connectivity index (χ1) is 18.1. The number of ether oxygens (including phenoxy) is 3. The van der Waals surface area contributed by atoms with Gasteiger partial charge in [-0.3, -0.25) is 14.2 Å². The van der Waals surface area contributed by atoms with Crippen LogP contribution in [0.25, 0.3) is 10.9 Å². The van der Waals surface area contributed by atoms with E-state index in [1.807, 2.05) is 55.5 Å². The molecule has 8 nitrogen and oxygen atoms in total. The molecular weight excluding hydrogens is 490 g/mol. The van der Waals surface area contributed by atoms with Crippen LogP contribution >= 0.6 is 11.8 Å². The molecule has 1 aliphatic rings. The maximum Gasteiger partial charge on any atom is 0.262 e. The Labute approximate surface area is 218 Å². The highest BCUT2D eigenvalue weighted by molar-refractivity contribution is 8.00. The number of anilines is 1. The molecule has 1 N–H and O–H groups in total. The first kappa shape index (κ1) is 24.7. The molecule has 1 aliphatic heterocycles. The molecule has 0 aliphatic carbocycles. The second-order valence-corrected chi connectivity index (χ2v) is 9.72. The zero-order valence-corrected chi connectivity index (χ0v) is 21.4. The van der Waals surface area contributed by atoms with Crippen LogP contribution in [0.1, 0.15) is 18.9 Å². The number of fused-ring (bicyclic) bond motifs is 2.